The predicted molar refractivity (Wildman–Crippen MR) is 173 cm³/mol. The van der Waals surface area contributed by atoms with Gasteiger partial charge in [-0.1, -0.05) is 73.9 Å². The minimum Gasteiger partial charge on any atom is -0.352 e. The maximum atomic E-state index is 14.9. The lowest BCUT2D eigenvalue weighted by molar-refractivity contribution is -0.141. The molecule has 0 saturated heterocycles. The van der Waals surface area contributed by atoms with Crippen molar-refractivity contribution in [3.8, 4) is 0 Å². The van der Waals surface area contributed by atoms with Gasteiger partial charge in [-0.25, -0.2) is 12.8 Å². The van der Waals surface area contributed by atoms with E-state index in [4.69, 9.17) is 0 Å². The molecule has 0 radical (unpaired) electrons. The zero-order valence-corrected chi connectivity index (χ0v) is 26.8. The molecule has 1 unspecified atom stereocenters. The van der Waals surface area contributed by atoms with Gasteiger partial charge in [0.25, 0.3) is 0 Å². The van der Waals surface area contributed by atoms with E-state index < -0.39 is 21.9 Å². The van der Waals surface area contributed by atoms with Crippen LogP contribution in [0.1, 0.15) is 67.2 Å². The number of nitrogens with one attached hydrogen (secondary N) is 1. The van der Waals surface area contributed by atoms with Gasteiger partial charge in [0.2, 0.25) is 21.8 Å². The predicted octanol–water partition coefficient (Wildman–Crippen LogP) is 6.08. The van der Waals surface area contributed by atoms with Gasteiger partial charge in [0, 0.05) is 37.5 Å². The summed E-state index contributed by atoms with van der Waals surface area (Å²) in [4.78, 5) is 29.4. The largest absolute Gasteiger partial charge is 0.352 e. The Morgan fingerprint density at radius 3 is 2.20 bits per heavy atom. The summed E-state index contributed by atoms with van der Waals surface area (Å²) in [6.07, 6.45) is 6.68. The van der Waals surface area contributed by atoms with E-state index in [1.165, 1.54) is 15.3 Å². The van der Waals surface area contributed by atoms with E-state index in [0.29, 0.717) is 11.3 Å². The van der Waals surface area contributed by atoms with Crippen LogP contribution in [-0.2, 0) is 32.6 Å². The highest BCUT2D eigenvalue weighted by Gasteiger charge is 2.32. The van der Waals surface area contributed by atoms with Gasteiger partial charge in [0.1, 0.15) is 11.9 Å². The molecule has 44 heavy (non-hydrogen) atoms. The summed E-state index contributed by atoms with van der Waals surface area (Å²) in [6.45, 7) is 3.84. The Balaban J connectivity index is 1.60. The number of nitrogens with zero attached hydrogens (tertiary/aromatic N) is 2. The number of aryl methyl sites for hydroxylation is 2. The van der Waals surface area contributed by atoms with Gasteiger partial charge in [0.15, 0.2) is 0 Å². The molecule has 0 heterocycles. The highest BCUT2D eigenvalue weighted by atomic mass is 32.2. The second-order valence-electron chi connectivity index (χ2n) is 11.9. The zero-order chi connectivity index (χ0) is 31.7. The fraction of sp³-hybridized carbons (Fsp3) is 0.429. The van der Waals surface area contributed by atoms with E-state index in [2.05, 4.69) is 5.32 Å². The second kappa shape index (κ2) is 15.3. The first kappa shape index (κ1) is 33.2. The van der Waals surface area contributed by atoms with E-state index >= 15 is 0 Å². The van der Waals surface area contributed by atoms with E-state index in [9.17, 15) is 22.4 Å². The molecule has 0 aromatic heterocycles. The lowest BCUT2D eigenvalue weighted by Crippen LogP contribution is -2.53. The number of halogens is 1. The van der Waals surface area contributed by atoms with Gasteiger partial charge in [0.05, 0.1) is 11.9 Å². The molecule has 1 aliphatic carbocycles. The quantitative estimate of drug-likeness (QED) is 0.251. The monoisotopic (exact) mass is 621 g/mol. The van der Waals surface area contributed by atoms with E-state index in [1.807, 2.05) is 62.4 Å². The van der Waals surface area contributed by atoms with Crippen molar-refractivity contribution >= 4 is 27.5 Å². The van der Waals surface area contributed by atoms with E-state index in [0.717, 1.165) is 55.1 Å². The Hall–Kier alpha value is -3.72. The SMILES string of the molecule is Cc1cc(C)cc(N(CCCC(=O)N(Cc2ccccc2F)C(Cc2ccccc2)C(=O)NC2CCCCC2)S(C)(=O)=O)c1. The average Bonchev–Trinajstić information content (AvgIpc) is 2.97. The molecular weight excluding hydrogens is 577 g/mol. The summed E-state index contributed by atoms with van der Waals surface area (Å²) in [6, 6.07) is 20.6. The van der Waals surface area contributed by atoms with Crippen LogP contribution in [0.15, 0.2) is 72.8 Å². The molecule has 0 aliphatic heterocycles. The molecule has 0 spiro atoms. The minimum atomic E-state index is -3.62. The van der Waals surface area contributed by atoms with Crippen LogP contribution in [0, 0.1) is 19.7 Å². The molecule has 7 nitrogen and oxygen atoms in total. The maximum Gasteiger partial charge on any atom is 0.243 e. The third kappa shape index (κ3) is 9.39. The summed E-state index contributed by atoms with van der Waals surface area (Å²) in [7, 11) is -3.62. The fourth-order valence-corrected chi connectivity index (χ4v) is 6.96. The first-order valence-electron chi connectivity index (χ1n) is 15.4. The van der Waals surface area contributed by atoms with Gasteiger partial charge in [-0.2, -0.15) is 0 Å². The van der Waals surface area contributed by atoms with Crippen molar-refractivity contribution in [1.29, 1.82) is 0 Å². The highest BCUT2D eigenvalue weighted by molar-refractivity contribution is 7.92. The number of hydrogen-bond acceptors (Lipinski definition) is 4. The van der Waals surface area contributed by atoms with Crippen molar-refractivity contribution in [3.05, 3.63) is 101 Å². The zero-order valence-electron chi connectivity index (χ0n) is 26.0. The van der Waals surface area contributed by atoms with E-state index in [-0.39, 0.29) is 50.2 Å². The Kier molecular flexibility index (Phi) is 11.6. The van der Waals surface area contributed by atoms with E-state index in [1.54, 1.807) is 18.2 Å². The second-order valence-corrected chi connectivity index (χ2v) is 13.9. The topological polar surface area (TPSA) is 86.8 Å². The summed E-state index contributed by atoms with van der Waals surface area (Å²) in [5, 5.41) is 3.19. The number of carbonyl (C=O) groups excluding carboxylic acids is 2. The Labute approximate surface area is 261 Å². The van der Waals surface area contributed by atoms with Crippen molar-refractivity contribution in [1.82, 2.24) is 10.2 Å². The lowest BCUT2D eigenvalue weighted by atomic mass is 9.94. The molecule has 4 rings (SSSR count). The molecule has 0 bridgehead atoms. The summed E-state index contributed by atoms with van der Waals surface area (Å²) < 4.78 is 41.8. The molecule has 1 atom stereocenters. The molecular formula is C35H44FN3O4S. The van der Waals surface area contributed by atoms with Crippen molar-refractivity contribution < 1.29 is 22.4 Å². The molecule has 1 aliphatic rings. The summed E-state index contributed by atoms with van der Waals surface area (Å²) in [5.74, 6) is -1.03. The number of anilines is 1. The van der Waals surface area contributed by atoms with Gasteiger partial charge in [-0.05, 0) is 68.0 Å². The number of benzene rings is 3. The lowest BCUT2D eigenvalue weighted by Gasteiger charge is -2.34. The molecule has 9 heteroatoms. The molecule has 3 aromatic rings. The number of carbonyl (C=O) groups is 2. The van der Waals surface area contributed by atoms with Gasteiger partial charge in [-0.3, -0.25) is 13.9 Å². The Morgan fingerprint density at radius 1 is 0.932 bits per heavy atom. The maximum absolute atomic E-state index is 14.9. The molecule has 1 N–H and O–H groups in total. The molecule has 1 fully saturated rings. The summed E-state index contributed by atoms with van der Waals surface area (Å²) >= 11 is 0. The standard InChI is InChI=1S/C35H44FN3O4S/c1-26-21-27(2)23-31(22-26)39(44(3,42)43)20-12-19-34(40)38(25-29-15-10-11-18-32(29)36)33(24-28-13-6-4-7-14-28)35(41)37-30-16-8-5-9-17-30/h4,6-7,10-11,13-15,18,21-23,30,33H,5,8-9,12,16-17,19-20,24-25H2,1-3H3,(H,37,41). The van der Waals surface area contributed by atoms with Crippen molar-refractivity contribution in [3.63, 3.8) is 0 Å². The molecule has 236 valence electrons. The number of rotatable bonds is 13. The van der Waals surface area contributed by atoms with Crippen LogP contribution >= 0.6 is 0 Å². The first-order chi connectivity index (χ1) is 21.0. The van der Waals surface area contributed by atoms with Crippen LogP contribution in [0.25, 0.3) is 0 Å². The average molecular weight is 622 g/mol. The number of amides is 2. The van der Waals surface area contributed by atoms with Crippen LogP contribution in [-0.4, -0.2) is 50.0 Å². The smallest absolute Gasteiger partial charge is 0.243 e. The van der Waals surface area contributed by atoms with Crippen LogP contribution < -0.4 is 9.62 Å². The number of sulfonamides is 1. The third-order valence-electron chi connectivity index (χ3n) is 8.17. The van der Waals surface area contributed by atoms with Gasteiger partial charge in [-0.15, -0.1) is 0 Å². The third-order valence-corrected chi connectivity index (χ3v) is 9.36. The van der Waals surface area contributed by atoms with Crippen molar-refractivity contribution in [2.45, 2.75) is 83.8 Å². The highest BCUT2D eigenvalue weighted by Crippen LogP contribution is 2.24. The first-order valence-corrected chi connectivity index (χ1v) is 17.3. The Morgan fingerprint density at radius 2 is 1.57 bits per heavy atom. The molecule has 2 amide bonds. The Bertz CT molecular complexity index is 1500. The molecule has 1 saturated carbocycles. The van der Waals surface area contributed by atoms with Crippen LogP contribution in [0.2, 0.25) is 0 Å². The van der Waals surface area contributed by atoms with Crippen LogP contribution in [0.4, 0.5) is 10.1 Å². The van der Waals surface area contributed by atoms with Crippen molar-refractivity contribution in [2.75, 3.05) is 17.1 Å². The van der Waals surface area contributed by atoms with Crippen LogP contribution in [0.5, 0.6) is 0 Å². The molecule has 3 aromatic carbocycles. The summed E-state index contributed by atoms with van der Waals surface area (Å²) in [5.41, 5.74) is 3.63. The fourth-order valence-electron chi connectivity index (χ4n) is 6.01. The van der Waals surface area contributed by atoms with Crippen molar-refractivity contribution in [2.24, 2.45) is 0 Å². The van der Waals surface area contributed by atoms with Gasteiger partial charge >= 0.3 is 0 Å². The van der Waals surface area contributed by atoms with Crippen LogP contribution in [0.3, 0.4) is 0 Å². The number of hydrogen-bond donors (Lipinski definition) is 1. The van der Waals surface area contributed by atoms with Gasteiger partial charge < -0.3 is 10.2 Å². The normalized spacial score (nSPS) is 14.5. The minimum absolute atomic E-state index is 0.00668.